The van der Waals surface area contributed by atoms with Crippen LogP contribution in [0, 0.1) is 0 Å². The highest BCUT2D eigenvalue weighted by Crippen LogP contribution is 2.30. The van der Waals surface area contributed by atoms with Gasteiger partial charge in [0.15, 0.2) is 0 Å². The lowest BCUT2D eigenvalue weighted by molar-refractivity contribution is 0.623. The molecule has 0 saturated carbocycles. The molecule has 0 amide bonds. The Labute approximate surface area is 118 Å². The molecule has 0 bridgehead atoms. The maximum Gasteiger partial charge on any atom is 0.0422 e. The molecule has 1 nitrogen and oxygen atoms in total. The SMILES string of the molecule is CCCC(CC)Nc1ccc(Br)c2ccccc12. The van der Waals surface area contributed by atoms with Crippen molar-refractivity contribution in [1.82, 2.24) is 0 Å². The van der Waals surface area contributed by atoms with Crippen LogP contribution in [0.4, 0.5) is 5.69 Å². The quantitative estimate of drug-likeness (QED) is 0.759. The first-order valence-corrected chi connectivity index (χ1v) is 7.49. The molecule has 0 radical (unpaired) electrons. The Hall–Kier alpha value is -1.02. The van der Waals surface area contributed by atoms with Crippen LogP contribution in [-0.4, -0.2) is 6.04 Å². The Morgan fingerprint density at radius 3 is 2.44 bits per heavy atom. The molecule has 0 aliphatic rings. The van der Waals surface area contributed by atoms with E-state index in [2.05, 4.69) is 71.5 Å². The van der Waals surface area contributed by atoms with E-state index < -0.39 is 0 Å². The van der Waals surface area contributed by atoms with Crippen molar-refractivity contribution < 1.29 is 0 Å². The van der Waals surface area contributed by atoms with E-state index in [1.807, 2.05) is 0 Å². The van der Waals surface area contributed by atoms with Crippen molar-refractivity contribution in [3.05, 3.63) is 40.9 Å². The normalized spacial score (nSPS) is 12.6. The molecular formula is C16H20BrN. The molecule has 0 fully saturated rings. The zero-order chi connectivity index (χ0) is 13.0. The summed E-state index contributed by atoms with van der Waals surface area (Å²) < 4.78 is 1.16. The average Bonchev–Trinajstić information content (AvgIpc) is 2.41. The fraction of sp³-hybridized carbons (Fsp3) is 0.375. The minimum absolute atomic E-state index is 0.569. The largest absolute Gasteiger partial charge is 0.382 e. The summed E-state index contributed by atoms with van der Waals surface area (Å²) in [5.41, 5.74) is 1.24. The summed E-state index contributed by atoms with van der Waals surface area (Å²) in [6.07, 6.45) is 3.61. The van der Waals surface area contributed by atoms with Gasteiger partial charge in [-0.1, -0.05) is 60.5 Å². The van der Waals surface area contributed by atoms with Crippen LogP contribution >= 0.6 is 15.9 Å². The molecule has 2 rings (SSSR count). The third-order valence-corrected chi connectivity index (χ3v) is 4.05. The molecule has 2 aromatic rings. The Balaban J connectivity index is 2.36. The number of halogens is 1. The summed E-state index contributed by atoms with van der Waals surface area (Å²) in [4.78, 5) is 0. The van der Waals surface area contributed by atoms with E-state index in [0.29, 0.717) is 6.04 Å². The molecule has 0 heterocycles. The van der Waals surface area contributed by atoms with E-state index in [0.717, 1.165) is 10.9 Å². The summed E-state index contributed by atoms with van der Waals surface area (Å²) in [7, 11) is 0. The van der Waals surface area contributed by atoms with Gasteiger partial charge in [-0.3, -0.25) is 0 Å². The molecule has 1 atom stereocenters. The standard InChI is InChI=1S/C16H20BrN/c1-3-7-12(4-2)18-16-11-10-15(17)13-8-5-6-9-14(13)16/h5-6,8-12,18H,3-4,7H2,1-2H3. The molecular weight excluding hydrogens is 286 g/mol. The second kappa shape index (κ2) is 6.24. The van der Waals surface area contributed by atoms with E-state index in [1.165, 1.54) is 29.3 Å². The van der Waals surface area contributed by atoms with Crippen LogP contribution in [0.1, 0.15) is 33.1 Å². The Morgan fingerprint density at radius 1 is 1.06 bits per heavy atom. The highest BCUT2D eigenvalue weighted by Gasteiger charge is 2.08. The molecule has 18 heavy (non-hydrogen) atoms. The summed E-state index contributed by atoms with van der Waals surface area (Å²) in [6.45, 7) is 4.48. The van der Waals surface area contributed by atoms with Crippen molar-refractivity contribution in [3.63, 3.8) is 0 Å². The van der Waals surface area contributed by atoms with Gasteiger partial charge in [-0.05, 0) is 30.4 Å². The van der Waals surface area contributed by atoms with Crippen LogP contribution in [0.2, 0.25) is 0 Å². The predicted molar refractivity (Wildman–Crippen MR) is 84.3 cm³/mol. The Morgan fingerprint density at radius 2 is 1.78 bits per heavy atom. The number of benzene rings is 2. The van der Waals surface area contributed by atoms with Crippen LogP contribution < -0.4 is 5.32 Å². The topological polar surface area (TPSA) is 12.0 Å². The smallest absolute Gasteiger partial charge is 0.0422 e. The van der Waals surface area contributed by atoms with Crippen LogP contribution in [0.5, 0.6) is 0 Å². The highest BCUT2D eigenvalue weighted by molar-refractivity contribution is 9.10. The van der Waals surface area contributed by atoms with Crippen molar-refractivity contribution >= 4 is 32.4 Å². The molecule has 0 aromatic heterocycles. The van der Waals surface area contributed by atoms with Gasteiger partial charge >= 0.3 is 0 Å². The second-order valence-corrected chi connectivity index (χ2v) is 5.53. The van der Waals surface area contributed by atoms with Crippen molar-refractivity contribution in [2.45, 2.75) is 39.2 Å². The zero-order valence-corrected chi connectivity index (χ0v) is 12.6. The summed E-state index contributed by atoms with van der Waals surface area (Å²) >= 11 is 3.62. The lowest BCUT2D eigenvalue weighted by Gasteiger charge is -2.19. The molecule has 1 N–H and O–H groups in total. The first-order chi connectivity index (χ1) is 8.76. The zero-order valence-electron chi connectivity index (χ0n) is 11.0. The lowest BCUT2D eigenvalue weighted by atomic mass is 10.1. The van der Waals surface area contributed by atoms with Gasteiger partial charge in [0.1, 0.15) is 0 Å². The molecule has 2 heteroatoms. The minimum Gasteiger partial charge on any atom is -0.382 e. The lowest BCUT2D eigenvalue weighted by Crippen LogP contribution is -2.18. The van der Waals surface area contributed by atoms with Gasteiger partial charge in [-0.15, -0.1) is 0 Å². The molecule has 96 valence electrons. The number of fused-ring (bicyclic) bond motifs is 1. The van der Waals surface area contributed by atoms with Crippen LogP contribution in [0.15, 0.2) is 40.9 Å². The van der Waals surface area contributed by atoms with Gasteiger partial charge in [0.05, 0.1) is 0 Å². The first kappa shape index (κ1) is 13.4. The monoisotopic (exact) mass is 305 g/mol. The Bertz CT molecular complexity index is 521. The maximum absolute atomic E-state index is 3.68. The van der Waals surface area contributed by atoms with Crippen LogP contribution in [0.25, 0.3) is 10.8 Å². The van der Waals surface area contributed by atoms with Crippen LogP contribution in [-0.2, 0) is 0 Å². The van der Waals surface area contributed by atoms with Gasteiger partial charge in [-0.25, -0.2) is 0 Å². The van der Waals surface area contributed by atoms with Crippen molar-refractivity contribution in [2.75, 3.05) is 5.32 Å². The third kappa shape index (κ3) is 2.86. The van der Waals surface area contributed by atoms with Gasteiger partial charge in [0.2, 0.25) is 0 Å². The maximum atomic E-state index is 3.68. The Kier molecular flexibility index (Phi) is 4.65. The van der Waals surface area contributed by atoms with Crippen LogP contribution in [0.3, 0.4) is 0 Å². The van der Waals surface area contributed by atoms with Crippen molar-refractivity contribution in [1.29, 1.82) is 0 Å². The molecule has 2 aromatic carbocycles. The van der Waals surface area contributed by atoms with E-state index in [1.54, 1.807) is 0 Å². The summed E-state index contributed by atoms with van der Waals surface area (Å²) in [5.74, 6) is 0. The third-order valence-electron chi connectivity index (χ3n) is 3.36. The molecule has 0 spiro atoms. The van der Waals surface area contributed by atoms with E-state index in [-0.39, 0.29) is 0 Å². The van der Waals surface area contributed by atoms with Gasteiger partial charge in [0, 0.05) is 21.6 Å². The van der Waals surface area contributed by atoms with Crippen molar-refractivity contribution in [3.8, 4) is 0 Å². The minimum atomic E-state index is 0.569. The number of hydrogen-bond donors (Lipinski definition) is 1. The number of hydrogen-bond acceptors (Lipinski definition) is 1. The second-order valence-electron chi connectivity index (χ2n) is 4.68. The van der Waals surface area contributed by atoms with E-state index in [9.17, 15) is 0 Å². The van der Waals surface area contributed by atoms with Gasteiger partial charge in [0.25, 0.3) is 0 Å². The average molecular weight is 306 g/mol. The molecule has 0 saturated heterocycles. The molecule has 0 aliphatic carbocycles. The van der Waals surface area contributed by atoms with E-state index >= 15 is 0 Å². The first-order valence-electron chi connectivity index (χ1n) is 6.70. The predicted octanol–water partition coefficient (Wildman–Crippen LogP) is 5.59. The fourth-order valence-electron chi connectivity index (χ4n) is 2.33. The number of rotatable bonds is 5. The number of nitrogens with one attached hydrogen (secondary N) is 1. The van der Waals surface area contributed by atoms with Crippen molar-refractivity contribution in [2.24, 2.45) is 0 Å². The fourth-order valence-corrected chi connectivity index (χ4v) is 2.81. The highest BCUT2D eigenvalue weighted by atomic mass is 79.9. The van der Waals surface area contributed by atoms with E-state index in [4.69, 9.17) is 0 Å². The van der Waals surface area contributed by atoms with Gasteiger partial charge in [-0.2, -0.15) is 0 Å². The summed E-state index contributed by atoms with van der Waals surface area (Å²) in [5, 5.41) is 6.24. The molecule has 0 aliphatic heterocycles. The van der Waals surface area contributed by atoms with Gasteiger partial charge < -0.3 is 5.32 Å². The number of anilines is 1. The summed E-state index contributed by atoms with van der Waals surface area (Å²) in [6, 6.07) is 13.4. The molecule has 1 unspecified atom stereocenters.